The van der Waals surface area contributed by atoms with E-state index < -0.39 is 0 Å². The molecule has 6 fully saturated rings. The molecule has 1 aromatic rings. The number of carbonyl (C=O) groups excluding carboxylic acids is 4. The molecule has 0 radical (unpaired) electrons. The fourth-order valence-electron chi connectivity index (χ4n) is 8.61. The van der Waals surface area contributed by atoms with Gasteiger partial charge in [-0.1, -0.05) is 30.3 Å². The van der Waals surface area contributed by atoms with Crippen LogP contribution in [0.1, 0.15) is 44.1 Å². The van der Waals surface area contributed by atoms with Gasteiger partial charge in [-0.2, -0.15) is 0 Å². The Morgan fingerprint density at radius 1 is 0.618 bits per heavy atom. The summed E-state index contributed by atoms with van der Waals surface area (Å²) in [7, 11) is 0. The molecule has 0 N–H and O–H groups in total. The minimum atomic E-state index is -0.158. The zero-order valence-electron chi connectivity index (χ0n) is 19.3. The normalized spacial score (nSPS) is 39.8. The number of fused-ring (bicyclic) bond motifs is 10. The molecule has 7 rings (SSSR count). The highest BCUT2D eigenvalue weighted by atomic mass is 16.2. The van der Waals surface area contributed by atoms with Gasteiger partial charge in [0.2, 0.25) is 23.6 Å². The average molecular weight is 462 g/mol. The summed E-state index contributed by atoms with van der Waals surface area (Å²) in [4.78, 5) is 58.1. The van der Waals surface area contributed by atoms with Crippen molar-refractivity contribution in [2.24, 2.45) is 47.3 Å². The van der Waals surface area contributed by atoms with Crippen molar-refractivity contribution in [1.29, 1.82) is 0 Å². The topological polar surface area (TPSA) is 78.0 Å². The number of benzene rings is 1. The lowest BCUT2D eigenvalue weighted by molar-refractivity contribution is -0.146. The maximum Gasteiger partial charge on any atom is 0.234 e. The van der Waals surface area contributed by atoms with Gasteiger partial charge >= 0.3 is 0 Å². The predicted octanol–water partition coefficient (Wildman–Crippen LogP) is 2.47. The number of rotatable bonds is 6. The van der Waals surface area contributed by atoms with Crippen LogP contribution in [0.15, 0.2) is 30.3 Å². The molecule has 8 atom stereocenters. The highest BCUT2D eigenvalue weighted by Crippen LogP contribution is 2.57. The summed E-state index contributed by atoms with van der Waals surface area (Å²) < 4.78 is 0. The molecule has 1 aromatic carbocycles. The Labute approximate surface area is 199 Å². The lowest BCUT2D eigenvalue weighted by Crippen LogP contribution is -2.48. The Hall–Kier alpha value is -2.54. The Balaban J connectivity index is 1.14. The molecule has 2 heterocycles. The van der Waals surface area contributed by atoms with Crippen LogP contribution >= 0.6 is 0 Å². The quantitative estimate of drug-likeness (QED) is 0.609. The van der Waals surface area contributed by atoms with Gasteiger partial charge in [-0.25, -0.2) is 0 Å². The van der Waals surface area contributed by atoms with Gasteiger partial charge in [0, 0.05) is 6.54 Å². The Morgan fingerprint density at radius 2 is 1.00 bits per heavy atom. The van der Waals surface area contributed by atoms with Crippen LogP contribution in [0.2, 0.25) is 0 Å². The molecular formula is C27H31N3O4. The van der Waals surface area contributed by atoms with E-state index in [0.29, 0.717) is 30.2 Å². The van der Waals surface area contributed by atoms with E-state index in [0.717, 1.165) is 44.1 Å². The van der Waals surface area contributed by atoms with Crippen molar-refractivity contribution >= 4 is 23.6 Å². The fourth-order valence-corrected chi connectivity index (χ4v) is 8.61. The third-order valence-electron chi connectivity index (χ3n) is 9.97. The van der Waals surface area contributed by atoms with E-state index in [1.165, 1.54) is 9.80 Å². The van der Waals surface area contributed by atoms with Crippen LogP contribution in [0.5, 0.6) is 0 Å². The zero-order valence-corrected chi connectivity index (χ0v) is 19.3. The van der Waals surface area contributed by atoms with Gasteiger partial charge in [0.25, 0.3) is 0 Å². The number of likely N-dealkylation sites (tertiary alicyclic amines) is 2. The summed E-state index contributed by atoms with van der Waals surface area (Å²) in [5, 5.41) is 0. The molecule has 34 heavy (non-hydrogen) atoms. The van der Waals surface area contributed by atoms with Crippen molar-refractivity contribution in [3.05, 3.63) is 35.9 Å². The average Bonchev–Trinajstić information content (AvgIpc) is 3.68. The minimum absolute atomic E-state index is 0.0470. The SMILES string of the molecule is O=C1[C@@H]2[C@@H]3CC[C@@H](C3)[C@@H]2C(=O)N1CN(Cc1ccccc1)CN1C(=O)[C@H]2[C@H]3CC[C@@H](C3)[C@@H]2C1=O. The molecule has 4 aliphatic carbocycles. The van der Waals surface area contributed by atoms with E-state index in [1.807, 2.05) is 35.2 Å². The van der Waals surface area contributed by atoms with Gasteiger partial charge < -0.3 is 0 Å². The predicted molar refractivity (Wildman–Crippen MR) is 121 cm³/mol. The highest BCUT2D eigenvalue weighted by Gasteiger charge is 2.62. The van der Waals surface area contributed by atoms with Crippen LogP contribution < -0.4 is 0 Å². The second-order valence-corrected chi connectivity index (χ2v) is 11.6. The molecule has 2 aliphatic heterocycles. The van der Waals surface area contributed by atoms with Crippen LogP contribution in [-0.4, -0.2) is 51.7 Å². The van der Waals surface area contributed by atoms with Gasteiger partial charge in [0.05, 0.1) is 37.0 Å². The molecule has 7 nitrogen and oxygen atoms in total. The largest absolute Gasteiger partial charge is 0.274 e. The van der Waals surface area contributed by atoms with Crippen molar-refractivity contribution in [3.8, 4) is 0 Å². The maximum atomic E-state index is 13.3. The third-order valence-corrected chi connectivity index (χ3v) is 9.97. The van der Waals surface area contributed by atoms with Gasteiger partial charge in [-0.15, -0.1) is 0 Å². The smallest absolute Gasteiger partial charge is 0.234 e. The van der Waals surface area contributed by atoms with E-state index in [9.17, 15) is 19.2 Å². The summed E-state index contributed by atoms with van der Waals surface area (Å²) >= 11 is 0. The number of carbonyl (C=O) groups is 4. The first-order valence-electron chi connectivity index (χ1n) is 13.0. The first-order valence-corrected chi connectivity index (χ1v) is 13.0. The van der Waals surface area contributed by atoms with Crippen molar-refractivity contribution < 1.29 is 19.2 Å². The van der Waals surface area contributed by atoms with Crippen molar-refractivity contribution in [3.63, 3.8) is 0 Å². The second kappa shape index (κ2) is 7.48. The van der Waals surface area contributed by atoms with Crippen molar-refractivity contribution in [2.45, 2.75) is 45.1 Å². The minimum Gasteiger partial charge on any atom is -0.274 e. The second-order valence-electron chi connectivity index (χ2n) is 11.6. The molecule has 6 aliphatic rings. The molecule has 0 unspecified atom stereocenters. The summed E-state index contributed by atoms with van der Waals surface area (Å²) in [5.74, 6) is 0.555. The van der Waals surface area contributed by atoms with Crippen LogP contribution in [0, 0.1) is 47.3 Å². The molecule has 4 bridgehead atoms. The van der Waals surface area contributed by atoms with Gasteiger partial charge in [0.1, 0.15) is 0 Å². The standard InChI is InChI=1S/C27H31N3O4/c31-24-20-16-6-7-17(10-16)21(20)25(32)29(24)13-28(12-15-4-2-1-3-5-15)14-30-26(33)22-18-8-9-19(11-18)23(22)27(30)34/h1-5,16-23H,6-14H2/t16-,17-,18-,19+,20-,21-,22-,23+/m0/s1. The summed E-state index contributed by atoms with van der Waals surface area (Å²) in [6.45, 7) is 0.746. The summed E-state index contributed by atoms with van der Waals surface area (Å²) in [5.41, 5.74) is 1.03. The lowest BCUT2D eigenvalue weighted by Gasteiger charge is -2.31. The van der Waals surface area contributed by atoms with Crippen LogP contribution in [0.4, 0.5) is 0 Å². The number of nitrogens with zero attached hydrogens (tertiary/aromatic N) is 3. The van der Waals surface area contributed by atoms with Gasteiger partial charge in [-0.05, 0) is 67.8 Å². The molecule has 2 saturated heterocycles. The summed E-state index contributed by atoms with van der Waals surface area (Å²) in [6, 6.07) is 9.85. The molecule has 4 amide bonds. The Morgan fingerprint density at radius 3 is 1.38 bits per heavy atom. The molecular weight excluding hydrogens is 430 g/mol. The third kappa shape index (κ3) is 2.85. The molecule has 7 heteroatoms. The van der Waals surface area contributed by atoms with Crippen LogP contribution in [-0.2, 0) is 25.7 Å². The molecule has 0 spiro atoms. The number of imide groups is 2. The van der Waals surface area contributed by atoms with E-state index in [2.05, 4.69) is 0 Å². The first-order chi connectivity index (χ1) is 16.5. The first kappa shape index (κ1) is 20.8. The number of amides is 4. The maximum absolute atomic E-state index is 13.3. The fraction of sp³-hybridized carbons (Fsp3) is 0.630. The van der Waals surface area contributed by atoms with E-state index in [-0.39, 0.29) is 60.6 Å². The Bertz CT molecular complexity index is 953. The highest BCUT2D eigenvalue weighted by molar-refractivity contribution is 6.07. The van der Waals surface area contributed by atoms with E-state index in [1.54, 1.807) is 0 Å². The summed E-state index contributed by atoms with van der Waals surface area (Å²) in [6.07, 6.45) is 6.22. The molecule has 0 aromatic heterocycles. The Kier molecular flexibility index (Phi) is 4.57. The van der Waals surface area contributed by atoms with E-state index >= 15 is 0 Å². The van der Waals surface area contributed by atoms with Crippen LogP contribution in [0.3, 0.4) is 0 Å². The van der Waals surface area contributed by atoms with Gasteiger partial charge in [0.15, 0.2) is 0 Å². The van der Waals surface area contributed by atoms with Gasteiger partial charge in [-0.3, -0.25) is 33.9 Å². The lowest BCUT2D eigenvalue weighted by atomic mass is 9.81. The van der Waals surface area contributed by atoms with E-state index in [4.69, 9.17) is 0 Å². The van der Waals surface area contributed by atoms with Crippen LogP contribution in [0.25, 0.3) is 0 Å². The number of hydrogen-bond acceptors (Lipinski definition) is 5. The van der Waals surface area contributed by atoms with Crippen molar-refractivity contribution in [2.75, 3.05) is 13.3 Å². The zero-order chi connectivity index (χ0) is 23.1. The number of hydrogen-bond donors (Lipinski definition) is 0. The molecule has 4 saturated carbocycles. The van der Waals surface area contributed by atoms with Crippen molar-refractivity contribution in [1.82, 2.24) is 14.7 Å². The molecule has 178 valence electrons. The monoisotopic (exact) mass is 461 g/mol.